The number of hydrogen-bond donors (Lipinski definition) is 2. The summed E-state index contributed by atoms with van der Waals surface area (Å²) in [4.78, 5) is 22.4. The Bertz CT molecular complexity index is 1290. The Balaban J connectivity index is 1.63. The highest BCUT2D eigenvalue weighted by atomic mass is 16.5. The molecule has 10 heteroatoms. The second-order valence-electron chi connectivity index (χ2n) is 7.60. The minimum absolute atomic E-state index is 0.0375. The summed E-state index contributed by atoms with van der Waals surface area (Å²) in [5.74, 6) is 0.978. The van der Waals surface area contributed by atoms with Gasteiger partial charge in [0, 0.05) is 38.2 Å². The summed E-state index contributed by atoms with van der Waals surface area (Å²) in [6.07, 6.45) is 2.05. The Hall–Kier alpha value is -4.31. The molecule has 0 bridgehead atoms. The molecule has 0 radical (unpaired) electrons. The summed E-state index contributed by atoms with van der Waals surface area (Å²) in [5.41, 5.74) is 8.79. The normalized spacial score (nSPS) is 10.8. The van der Waals surface area contributed by atoms with Crippen molar-refractivity contribution in [1.82, 2.24) is 25.1 Å². The van der Waals surface area contributed by atoms with Crippen molar-refractivity contribution in [3.63, 3.8) is 0 Å². The lowest BCUT2D eigenvalue weighted by Gasteiger charge is -2.10. The molecule has 0 aliphatic carbocycles. The Labute approximate surface area is 196 Å². The number of carbonyl (C=O) groups is 1. The van der Waals surface area contributed by atoms with Crippen LogP contribution in [0.15, 0.2) is 59.1 Å². The maximum Gasteiger partial charge on any atom is 0.270 e. The molecule has 2 aromatic heterocycles. The van der Waals surface area contributed by atoms with E-state index < -0.39 is 0 Å². The molecule has 2 aromatic carbocycles. The minimum atomic E-state index is -0.0883. The van der Waals surface area contributed by atoms with Crippen LogP contribution in [0.2, 0.25) is 0 Å². The van der Waals surface area contributed by atoms with Crippen molar-refractivity contribution in [2.24, 2.45) is 0 Å². The number of aliphatic hydroxyl groups excluding tert-OH is 1. The molecule has 4 rings (SSSR count). The van der Waals surface area contributed by atoms with Gasteiger partial charge in [-0.25, -0.2) is 9.97 Å². The summed E-state index contributed by atoms with van der Waals surface area (Å²) in [5, 5.41) is 17.2. The molecule has 4 aromatic rings. The first kappa shape index (κ1) is 22.9. The number of aliphatic hydroxyl groups is 1. The number of para-hydroxylation sites is 1. The molecule has 1 amide bonds. The highest BCUT2D eigenvalue weighted by Crippen LogP contribution is 2.32. The zero-order valence-corrected chi connectivity index (χ0v) is 18.8. The van der Waals surface area contributed by atoms with Crippen LogP contribution in [0.4, 0.5) is 5.82 Å². The van der Waals surface area contributed by atoms with Gasteiger partial charge in [-0.1, -0.05) is 24.3 Å². The van der Waals surface area contributed by atoms with E-state index in [4.69, 9.17) is 20.0 Å². The van der Waals surface area contributed by atoms with Crippen LogP contribution in [0, 0.1) is 0 Å². The van der Waals surface area contributed by atoms with Crippen molar-refractivity contribution in [2.75, 3.05) is 33.0 Å². The number of carbonyl (C=O) groups excluding carboxylic acids is 1. The highest BCUT2D eigenvalue weighted by Gasteiger charge is 2.19. The van der Waals surface area contributed by atoms with Crippen LogP contribution >= 0.6 is 0 Å². The number of benzene rings is 2. The van der Waals surface area contributed by atoms with E-state index in [1.807, 2.05) is 12.1 Å². The molecule has 2 heterocycles. The molecule has 0 saturated heterocycles. The molecular formula is C24H24N6O4. The smallest absolute Gasteiger partial charge is 0.270 e. The SMILES string of the molecule is CN(C)C(=O)c1ccc(-c2cnc(N)c(-c3nnc(-c4ccccc4OCCCO)o3)n2)cc1. The van der Waals surface area contributed by atoms with E-state index in [1.54, 1.807) is 56.7 Å². The summed E-state index contributed by atoms with van der Waals surface area (Å²) < 4.78 is 11.6. The van der Waals surface area contributed by atoms with Crippen LogP contribution < -0.4 is 10.5 Å². The average molecular weight is 460 g/mol. The van der Waals surface area contributed by atoms with Gasteiger partial charge < -0.3 is 24.9 Å². The number of nitrogens with two attached hydrogens (primary N) is 1. The molecule has 0 saturated carbocycles. The van der Waals surface area contributed by atoms with Crippen molar-refractivity contribution in [3.8, 4) is 40.0 Å². The second-order valence-corrected chi connectivity index (χ2v) is 7.60. The van der Waals surface area contributed by atoms with E-state index in [1.165, 1.54) is 4.90 Å². The second kappa shape index (κ2) is 10.1. The van der Waals surface area contributed by atoms with Gasteiger partial charge in [0.1, 0.15) is 5.75 Å². The van der Waals surface area contributed by atoms with Gasteiger partial charge in [0.15, 0.2) is 11.5 Å². The maximum atomic E-state index is 12.1. The van der Waals surface area contributed by atoms with Gasteiger partial charge in [0.05, 0.1) is 24.1 Å². The van der Waals surface area contributed by atoms with Gasteiger partial charge in [0.2, 0.25) is 0 Å². The summed E-state index contributed by atoms with van der Waals surface area (Å²) in [7, 11) is 3.40. The molecule has 0 atom stereocenters. The number of amides is 1. The third-order valence-corrected chi connectivity index (χ3v) is 4.94. The Morgan fingerprint density at radius 2 is 1.82 bits per heavy atom. The molecule has 10 nitrogen and oxygen atoms in total. The molecule has 0 spiro atoms. The zero-order chi connectivity index (χ0) is 24.1. The predicted octanol–water partition coefficient (Wildman–Crippen LogP) is 2.91. The summed E-state index contributed by atoms with van der Waals surface area (Å²) in [6, 6.07) is 14.3. The number of ether oxygens (including phenoxy) is 1. The van der Waals surface area contributed by atoms with E-state index in [-0.39, 0.29) is 35.8 Å². The van der Waals surface area contributed by atoms with Crippen LogP contribution in [0.3, 0.4) is 0 Å². The van der Waals surface area contributed by atoms with Gasteiger partial charge in [-0.15, -0.1) is 10.2 Å². The number of rotatable bonds is 8. The van der Waals surface area contributed by atoms with Gasteiger partial charge in [-0.3, -0.25) is 4.79 Å². The molecule has 34 heavy (non-hydrogen) atoms. The Morgan fingerprint density at radius 3 is 2.56 bits per heavy atom. The summed E-state index contributed by atoms with van der Waals surface area (Å²) >= 11 is 0. The number of anilines is 1. The van der Waals surface area contributed by atoms with E-state index in [2.05, 4.69) is 20.2 Å². The number of nitrogens with zero attached hydrogens (tertiary/aromatic N) is 5. The van der Waals surface area contributed by atoms with Crippen LogP contribution in [0.1, 0.15) is 16.8 Å². The molecule has 174 valence electrons. The largest absolute Gasteiger partial charge is 0.493 e. The van der Waals surface area contributed by atoms with Crippen LogP contribution in [0.25, 0.3) is 34.3 Å². The van der Waals surface area contributed by atoms with Crippen molar-refractivity contribution in [2.45, 2.75) is 6.42 Å². The van der Waals surface area contributed by atoms with E-state index >= 15 is 0 Å². The maximum absolute atomic E-state index is 12.1. The fraction of sp³-hybridized carbons (Fsp3) is 0.208. The first-order valence-corrected chi connectivity index (χ1v) is 10.6. The monoisotopic (exact) mass is 460 g/mol. The lowest BCUT2D eigenvalue weighted by molar-refractivity contribution is 0.0827. The Kier molecular flexibility index (Phi) is 6.79. The van der Waals surface area contributed by atoms with Crippen molar-refractivity contribution in [3.05, 3.63) is 60.3 Å². The fourth-order valence-corrected chi connectivity index (χ4v) is 3.18. The average Bonchev–Trinajstić information content (AvgIpc) is 3.34. The van der Waals surface area contributed by atoms with Crippen LogP contribution in [0.5, 0.6) is 5.75 Å². The van der Waals surface area contributed by atoms with Gasteiger partial charge in [-0.05, 0) is 24.3 Å². The molecule has 0 aliphatic heterocycles. The highest BCUT2D eigenvalue weighted by molar-refractivity contribution is 5.94. The lowest BCUT2D eigenvalue weighted by atomic mass is 10.1. The van der Waals surface area contributed by atoms with Gasteiger partial charge >= 0.3 is 0 Å². The zero-order valence-electron chi connectivity index (χ0n) is 18.8. The standard InChI is InChI=1S/C24H24N6O4/c1-30(2)24(32)16-10-8-15(9-11-16)18-14-26-21(25)20(27-18)23-29-28-22(34-23)17-6-3-4-7-19(17)33-13-5-12-31/h3-4,6-11,14,31H,5,12-13H2,1-2H3,(H2,25,26). The molecule has 3 N–H and O–H groups in total. The first-order valence-electron chi connectivity index (χ1n) is 10.6. The molecule has 0 fully saturated rings. The van der Waals surface area contributed by atoms with Gasteiger partial charge in [0.25, 0.3) is 17.7 Å². The fourth-order valence-electron chi connectivity index (χ4n) is 3.18. The number of nitrogen functional groups attached to an aromatic ring is 1. The predicted molar refractivity (Wildman–Crippen MR) is 126 cm³/mol. The Morgan fingerprint density at radius 1 is 1.09 bits per heavy atom. The molecular weight excluding hydrogens is 436 g/mol. The first-order chi connectivity index (χ1) is 16.5. The number of aromatic nitrogens is 4. The van der Waals surface area contributed by atoms with Crippen molar-refractivity contribution >= 4 is 11.7 Å². The van der Waals surface area contributed by atoms with Crippen molar-refractivity contribution in [1.29, 1.82) is 0 Å². The van der Waals surface area contributed by atoms with Crippen molar-refractivity contribution < 1.29 is 19.1 Å². The van der Waals surface area contributed by atoms with E-state index in [0.29, 0.717) is 35.6 Å². The molecule has 0 unspecified atom stereocenters. The summed E-state index contributed by atoms with van der Waals surface area (Å²) in [6.45, 7) is 0.393. The third-order valence-electron chi connectivity index (χ3n) is 4.94. The molecule has 0 aliphatic rings. The lowest BCUT2D eigenvalue weighted by Crippen LogP contribution is -2.21. The van der Waals surface area contributed by atoms with Crippen LogP contribution in [-0.2, 0) is 0 Å². The van der Waals surface area contributed by atoms with E-state index in [9.17, 15) is 4.79 Å². The third kappa shape index (κ3) is 4.86. The minimum Gasteiger partial charge on any atom is -0.493 e. The van der Waals surface area contributed by atoms with Crippen LogP contribution in [-0.4, -0.2) is 63.4 Å². The number of hydrogen-bond acceptors (Lipinski definition) is 9. The topological polar surface area (TPSA) is 140 Å². The quantitative estimate of drug-likeness (QED) is 0.380. The van der Waals surface area contributed by atoms with Gasteiger partial charge in [-0.2, -0.15) is 0 Å². The van der Waals surface area contributed by atoms with E-state index in [0.717, 1.165) is 5.56 Å².